The van der Waals surface area contributed by atoms with E-state index in [1.54, 1.807) is 10.7 Å². The Hall–Kier alpha value is -1.11. The van der Waals surface area contributed by atoms with Crippen molar-refractivity contribution in [2.45, 2.75) is 24.7 Å². The predicted octanol–water partition coefficient (Wildman–Crippen LogP) is 2.45. The van der Waals surface area contributed by atoms with E-state index in [9.17, 15) is 9.90 Å². The Kier molecular flexibility index (Phi) is 2.39. The van der Waals surface area contributed by atoms with E-state index in [1.165, 1.54) is 0 Å². The predicted molar refractivity (Wildman–Crippen MR) is 71.1 cm³/mol. The Bertz CT molecular complexity index is 602. The van der Waals surface area contributed by atoms with Crippen molar-refractivity contribution in [1.82, 2.24) is 9.61 Å². The number of carboxylic acids is 1. The summed E-state index contributed by atoms with van der Waals surface area (Å²) in [5.41, 5.74) is 1.21. The molecule has 1 N–H and O–H groups in total. The lowest BCUT2D eigenvalue weighted by atomic mass is 9.65. The van der Waals surface area contributed by atoms with Crippen LogP contribution in [0.1, 0.15) is 24.8 Å². The highest BCUT2D eigenvalue weighted by atomic mass is 127. The second kappa shape index (κ2) is 3.69. The number of hydrogen-bond acceptors (Lipinski definition) is 2. The molecule has 1 fully saturated rings. The highest BCUT2D eigenvalue weighted by molar-refractivity contribution is 14.1. The van der Waals surface area contributed by atoms with Crippen molar-refractivity contribution in [2.75, 3.05) is 0 Å². The highest BCUT2D eigenvalue weighted by Crippen LogP contribution is 2.44. The number of fused-ring (bicyclic) bond motifs is 1. The van der Waals surface area contributed by atoms with Crippen LogP contribution in [0.4, 0.5) is 0 Å². The van der Waals surface area contributed by atoms with Gasteiger partial charge in [0.15, 0.2) is 0 Å². The van der Waals surface area contributed by atoms with Gasteiger partial charge in [-0.1, -0.05) is 12.5 Å². The van der Waals surface area contributed by atoms with Gasteiger partial charge in [0.1, 0.15) is 0 Å². The maximum Gasteiger partial charge on any atom is 0.314 e. The van der Waals surface area contributed by atoms with Crippen LogP contribution in [-0.2, 0) is 10.2 Å². The Labute approximate surface area is 112 Å². The third-order valence-electron chi connectivity index (χ3n) is 3.64. The molecule has 88 valence electrons. The number of pyridine rings is 1. The summed E-state index contributed by atoms with van der Waals surface area (Å²) in [7, 11) is 0. The van der Waals surface area contributed by atoms with Crippen LogP contribution < -0.4 is 0 Å². The van der Waals surface area contributed by atoms with Gasteiger partial charge in [-0.3, -0.25) is 4.79 Å². The molecule has 2 aromatic rings. The van der Waals surface area contributed by atoms with E-state index in [4.69, 9.17) is 0 Å². The van der Waals surface area contributed by atoms with Crippen molar-refractivity contribution in [2.24, 2.45) is 0 Å². The Morgan fingerprint density at radius 1 is 1.47 bits per heavy atom. The van der Waals surface area contributed by atoms with Crippen LogP contribution in [0, 0.1) is 3.57 Å². The zero-order valence-electron chi connectivity index (χ0n) is 9.06. The molecular formula is C12H11IN2O2. The molecule has 1 aliphatic carbocycles. The van der Waals surface area contributed by atoms with E-state index in [2.05, 4.69) is 27.7 Å². The number of carboxylic acid groups (broad SMARTS) is 1. The lowest BCUT2D eigenvalue weighted by Crippen LogP contribution is -2.42. The topological polar surface area (TPSA) is 54.6 Å². The third kappa shape index (κ3) is 1.48. The van der Waals surface area contributed by atoms with Gasteiger partial charge in [0, 0.05) is 6.20 Å². The molecule has 2 heterocycles. The lowest BCUT2D eigenvalue weighted by molar-refractivity contribution is -0.147. The van der Waals surface area contributed by atoms with E-state index >= 15 is 0 Å². The molecule has 3 rings (SSSR count). The van der Waals surface area contributed by atoms with Crippen LogP contribution in [0.2, 0.25) is 0 Å². The zero-order chi connectivity index (χ0) is 12.0. The number of aliphatic carboxylic acids is 1. The number of hydrogen-bond donors (Lipinski definition) is 1. The molecule has 5 heteroatoms. The number of aromatic nitrogens is 2. The number of halogens is 1. The van der Waals surface area contributed by atoms with Gasteiger partial charge in [0.05, 0.1) is 20.7 Å². The summed E-state index contributed by atoms with van der Waals surface area (Å²) < 4.78 is 2.84. The fourth-order valence-electron chi connectivity index (χ4n) is 2.39. The average Bonchev–Trinajstić information content (AvgIpc) is 2.58. The standard InChI is InChI=1S/C12H11IN2O2/c13-9-6-14-15-7-8(2-3-10(9)15)12(11(16)17)4-1-5-12/h2-3,6-7H,1,4-5H2,(H,16,17). The third-order valence-corrected chi connectivity index (χ3v) is 4.47. The van der Waals surface area contributed by atoms with Gasteiger partial charge >= 0.3 is 5.97 Å². The fraction of sp³-hybridized carbons (Fsp3) is 0.333. The SMILES string of the molecule is O=C(O)C1(c2ccc3c(I)cnn3c2)CCC1. The van der Waals surface area contributed by atoms with Gasteiger partial charge in [-0.2, -0.15) is 5.10 Å². The number of nitrogens with zero attached hydrogens (tertiary/aromatic N) is 2. The van der Waals surface area contributed by atoms with E-state index in [0.717, 1.165) is 33.9 Å². The van der Waals surface area contributed by atoms with Gasteiger partial charge in [0.25, 0.3) is 0 Å². The van der Waals surface area contributed by atoms with Crippen LogP contribution in [0.3, 0.4) is 0 Å². The van der Waals surface area contributed by atoms with Gasteiger partial charge < -0.3 is 5.11 Å². The van der Waals surface area contributed by atoms with Crippen LogP contribution in [0.5, 0.6) is 0 Å². The lowest BCUT2D eigenvalue weighted by Gasteiger charge is -2.37. The van der Waals surface area contributed by atoms with E-state index < -0.39 is 11.4 Å². The van der Waals surface area contributed by atoms with Crippen molar-refractivity contribution >= 4 is 34.1 Å². The molecule has 2 aromatic heterocycles. The molecular weight excluding hydrogens is 331 g/mol. The second-order valence-electron chi connectivity index (χ2n) is 4.48. The van der Waals surface area contributed by atoms with Gasteiger partial charge in [-0.25, -0.2) is 4.52 Å². The molecule has 17 heavy (non-hydrogen) atoms. The van der Waals surface area contributed by atoms with Crippen molar-refractivity contribution in [3.05, 3.63) is 33.7 Å². The molecule has 0 radical (unpaired) electrons. The molecule has 0 bridgehead atoms. The van der Waals surface area contributed by atoms with Crippen LogP contribution >= 0.6 is 22.6 Å². The smallest absolute Gasteiger partial charge is 0.314 e. The van der Waals surface area contributed by atoms with Gasteiger partial charge in [0.2, 0.25) is 0 Å². The maximum absolute atomic E-state index is 11.4. The van der Waals surface area contributed by atoms with Crippen LogP contribution in [0.25, 0.3) is 5.52 Å². The minimum atomic E-state index is -0.718. The Balaban J connectivity index is 2.14. The van der Waals surface area contributed by atoms with Gasteiger partial charge in [-0.05, 0) is 47.1 Å². The summed E-state index contributed by atoms with van der Waals surface area (Å²) in [6.07, 6.45) is 6.08. The summed E-state index contributed by atoms with van der Waals surface area (Å²) >= 11 is 2.22. The molecule has 1 aliphatic rings. The number of carbonyl (C=O) groups is 1. The normalized spacial score (nSPS) is 17.9. The maximum atomic E-state index is 11.4. The first-order valence-corrected chi connectivity index (χ1v) is 6.58. The van der Waals surface area contributed by atoms with Crippen LogP contribution in [-0.4, -0.2) is 20.7 Å². The Morgan fingerprint density at radius 2 is 2.24 bits per heavy atom. The van der Waals surface area contributed by atoms with Crippen molar-refractivity contribution in [3.63, 3.8) is 0 Å². The summed E-state index contributed by atoms with van der Waals surface area (Å²) in [5, 5.41) is 13.6. The molecule has 0 amide bonds. The summed E-state index contributed by atoms with van der Waals surface area (Å²) in [4.78, 5) is 11.4. The largest absolute Gasteiger partial charge is 0.481 e. The average molecular weight is 342 g/mol. The fourth-order valence-corrected chi connectivity index (χ4v) is 2.94. The van der Waals surface area contributed by atoms with E-state index in [0.29, 0.717) is 0 Å². The van der Waals surface area contributed by atoms with E-state index in [-0.39, 0.29) is 0 Å². The molecule has 1 saturated carbocycles. The summed E-state index contributed by atoms with van der Waals surface area (Å²) in [5.74, 6) is -0.718. The minimum absolute atomic E-state index is 0.675. The van der Waals surface area contributed by atoms with Gasteiger partial charge in [-0.15, -0.1) is 0 Å². The molecule has 0 aromatic carbocycles. The van der Waals surface area contributed by atoms with E-state index in [1.807, 2.05) is 18.3 Å². The van der Waals surface area contributed by atoms with Crippen molar-refractivity contribution in [3.8, 4) is 0 Å². The molecule has 0 atom stereocenters. The summed E-state index contributed by atoms with van der Waals surface area (Å²) in [6, 6.07) is 3.87. The first-order chi connectivity index (χ1) is 8.13. The molecule has 0 saturated heterocycles. The van der Waals surface area contributed by atoms with Crippen LogP contribution in [0.15, 0.2) is 24.5 Å². The quantitative estimate of drug-likeness (QED) is 0.853. The van der Waals surface area contributed by atoms with Crippen molar-refractivity contribution in [1.29, 1.82) is 0 Å². The first-order valence-electron chi connectivity index (χ1n) is 5.50. The molecule has 0 aliphatic heterocycles. The minimum Gasteiger partial charge on any atom is -0.481 e. The monoisotopic (exact) mass is 342 g/mol. The number of rotatable bonds is 2. The molecule has 0 spiro atoms. The first kappa shape index (κ1) is 11.0. The Morgan fingerprint density at radius 3 is 2.82 bits per heavy atom. The zero-order valence-corrected chi connectivity index (χ0v) is 11.2. The summed E-state index contributed by atoms with van der Waals surface area (Å²) in [6.45, 7) is 0. The molecule has 4 nitrogen and oxygen atoms in total. The second-order valence-corrected chi connectivity index (χ2v) is 5.64. The highest BCUT2D eigenvalue weighted by Gasteiger charge is 2.46. The van der Waals surface area contributed by atoms with Crippen molar-refractivity contribution < 1.29 is 9.90 Å². The molecule has 0 unspecified atom stereocenters.